The van der Waals surface area contributed by atoms with Crippen LogP contribution in [0.1, 0.15) is 106 Å². The van der Waals surface area contributed by atoms with Gasteiger partial charge >= 0.3 is 12.2 Å². The van der Waals surface area contributed by atoms with Gasteiger partial charge in [0.1, 0.15) is 12.2 Å². The molecule has 0 aromatic rings. The van der Waals surface area contributed by atoms with Crippen LogP contribution in [-0.2, 0) is 18.9 Å². The second-order valence-electron chi connectivity index (χ2n) is 20.6. The quantitative estimate of drug-likeness (QED) is 0.359. The van der Waals surface area contributed by atoms with Crippen molar-refractivity contribution in [3.8, 4) is 0 Å². The van der Waals surface area contributed by atoms with Gasteiger partial charge in [0.25, 0.3) is 0 Å². The van der Waals surface area contributed by atoms with Crippen LogP contribution in [0.15, 0.2) is 0 Å². The van der Waals surface area contributed by atoms with Gasteiger partial charge in [0.2, 0.25) is 0 Å². The topological polar surface area (TPSA) is 101 Å². The third-order valence-corrected chi connectivity index (χ3v) is 18.1. The monoisotopic (exact) mass is 725 g/mol. The zero-order chi connectivity index (χ0) is 36.6. The highest BCUT2D eigenvalue weighted by Gasteiger charge is 2.85. The minimum absolute atomic E-state index is 0.0203. The van der Waals surface area contributed by atoms with E-state index in [0.717, 1.165) is 97.4 Å². The normalized spacial score (nSPS) is 48.6. The number of aliphatic hydroxyl groups excluding tert-OH is 1. The first-order chi connectivity index (χ1) is 24.7. The SMILES string of the molecule is CC(C)[C@@H](OC(=O)N1CCC1)C1C[C@@H](C)[C@H]2C(O1)[C@H](O)[C@@]1(C)C3CC[C@H]4C(C)(C)[C@@H](OC(=O)N5CCN(C6COC6)CC5)CC[C@@]45CC35CC[C@]21C. The van der Waals surface area contributed by atoms with Crippen LogP contribution in [0.3, 0.4) is 0 Å². The van der Waals surface area contributed by atoms with E-state index in [1.165, 1.54) is 12.8 Å². The highest BCUT2D eigenvalue weighted by molar-refractivity contribution is 5.69. The van der Waals surface area contributed by atoms with E-state index in [1.54, 1.807) is 4.90 Å². The molecule has 4 heterocycles. The molecule has 5 saturated carbocycles. The molecule has 4 saturated heterocycles. The summed E-state index contributed by atoms with van der Waals surface area (Å²) >= 11 is 0. The lowest BCUT2D eigenvalue weighted by atomic mass is 9.41. The van der Waals surface area contributed by atoms with Crippen molar-refractivity contribution in [3.05, 3.63) is 0 Å². The van der Waals surface area contributed by atoms with Gasteiger partial charge in [-0.1, -0.05) is 48.5 Å². The summed E-state index contributed by atoms with van der Waals surface area (Å²) in [6.45, 7) is 22.8. The van der Waals surface area contributed by atoms with E-state index in [4.69, 9.17) is 18.9 Å². The van der Waals surface area contributed by atoms with Crippen molar-refractivity contribution in [1.82, 2.24) is 14.7 Å². The molecule has 10 nitrogen and oxygen atoms in total. The Morgan fingerprint density at radius 3 is 2.15 bits per heavy atom. The summed E-state index contributed by atoms with van der Waals surface area (Å²) < 4.78 is 25.1. The van der Waals surface area contributed by atoms with Crippen LogP contribution >= 0.6 is 0 Å². The molecule has 4 unspecified atom stereocenters. The molecule has 292 valence electrons. The molecule has 52 heavy (non-hydrogen) atoms. The van der Waals surface area contributed by atoms with Gasteiger partial charge in [0.05, 0.1) is 37.6 Å². The summed E-state index contributed by atoms with van der Waals surface area (Å²) in [7, 11) is 0. The lowest BCUT2D eigenvalue weighted by Gasteiger charge is -2.63. The minimum atomic E-state index is -0.550. The van der Waals surface area contributed by atoms with Crippen LogP contribution < -0.4 is 0 Å². The summed E-state index contributed by atoms with van der Waals surface area (Å²) in [4.78, 5) is 32.7. The number of aliphatic hydroxyl groups is 1. The summed E-state index contributed by atoms with van der Waals surface area (Å²) in [5, 5.41) is 12.7. The molecular weight excluding hydrogens is 658 g/mol. The summed E-state index contributed by atoms with van der Waals surface area (Å²) in [6.07, 6.45) is 8.06. The minimum Gasteiger partial charge on any atom is -0.446 e. The molecule has 13 atom stereocenters. The fourth-order valence-electron chi connectivity index (χ4n) is 15.0. The molecule has 1 N–H and O–H groups in total. The maximum Gasteiger partial charge on any atom is 0.410 e. The Kier molecular flexibility index (Phi) is 8.45. The number of amides is 2. The number of piperazine rings is 1. The van der Waals surface area contributed by atoms with Crippen molar-refractivity contribution in [2.75, 3.05) is 52.5 Å². The number of nitrogens with zero attached hydrogens (tertiary/aromatic N) is 3. The number of likely N-dealkylation sites (tertiary alicyclic amines) is 1. The van der Waals surface area contributed by atoms with Gasteiger partial charge in [-0.25, -0.2) is 9.59 Å². The molecule has 4 aliphatic heterocycles. The van der Waals surface area contributed by atoms with Crippen molar-refractivity contribution >= 4 is 12.2 Å². The van der Waals surface area contributed by atoms with Crippen LogP contribution in [0.5, 0.6) is 0 Å². The molecule has 2 amide bonds. The average Bonchev–Trinajstić information content (AvgIpc) is 3.68. The Labute approximate surface area is 312 Å². The molecule has 0 bridgehead atoms. The van der Waals surface area contributed by atoms with Gasteiger partial charge in [0, 0.05) is 50.1 Å². The highest BCUT2D eigenvalue weighted by Crippen LogP contribution is 2.89. The number of hydrogen-bond donors (Lipinski definition) is 1. The Morgan fingerprint density at radius 2 is 1.52 bits per heavy atom. The molecule has 10 heteroatoms. The van der Waals surface area contributed by atoms with E-state index in [-0.39, 0.29) is 75.5 Å². The zero-order valence-corrected chi connectivity index (χ0v) is 33.1. The Hall–Kier alpha value is -1.62. The summed E-state index contributed by atoms with van der Waals surface area (Å²) in [5.41, 5.74) is 0.137. The Balaban J connectivity index is 0.909. The highest BCUT2D eigenvalue weighted by atomic mass is 16.6. The van der Waals surface area contributed by atoms with E-state index >= 15 is 0 Å². The fraction of sp³-hybridized carbons (Fsp3) is 0.952. The van der Waals surface area contributed by atoms with Crippen LogP contribution in [0, 0.1) is 56.7 Å². The molecule has 2 spiro atoms. The molecule has 0 aromatic heterocycles. The largest absolute Gasteiger partial charge is 0.446 e. The number of ether oxygens (including phenoxy) is 4. The predicted molar refractivity (Wildman–Crippen MR) is 195 cm³/mol. The van der Waals surface area contributed by atoms with E-state index in [9.17, 15) is 14.7 Å². The number of carbonyl (C=O) groups excluding carboxylic acids is 2. The van der Waals surface area contributed by atoms with Crippen molar-refractivity contribution in [2.45, 2.75) is 143 Å². The van der Waals surface area contributed by atoms with Gasteiger partial charge in [-0.05, 0) is 104 Å². The number of rotatable bonds is 5. The third-order valence-electron chi connectivity index (χ3n) is 18.1. The van der Waals surface area contributed by atoms with Crippen LogP contribution in [-0.4, -0.2) is 121 Å². The maximum atomic E-state index is 13.6. The molecule has 9 fully saturated rings. The molecule has 5 aliphatic carbocycles. The van der Waals surface area contributed by atoms with Crippen LogP contribution in [0.2, 0.25) is 0 Å². The van der Waals surface area contributed by atoms with Gasteiger partial charge in [-0.15, -0.1) is 0 Å². The van der Waals surface area contributed by atoms with Crippen LogP contribution in [0.4, 0.5) is 9.59 Å². The first-order valence-electron chi connectivity index (χ1n) is 21.2. The number of carbonyl (C=O) groups is 2. The zero-order valence-electron chi connectivity index (χ0n) is 33.1. The Morgan fingerprint density at radius 1 is 0.846 bits per heavy atom. The average molecular weight is 726 g/mol. The predicted octanol–water partition coefficient (Wildman–Crippen LogP) is 6.19. The van der Waals surface area contributed by atoms with Crippen molar-refractivity contribution in [2.24, 2.45) is 56.7 Å². The molecule has 9 rings (SSSR count). The molecule has 9 aliphatic rings. The standard InChI is InChI=1S/C42H67N3O7/c1-25(2)33(52-37(48)44-15-8-16-44)28-21-26(3)32-34(50-28)35(46)40(7)30-10-9-29-38(4,5)31(11-12-41(29)24-42(30,41)14-13-39(32,40)6)51-36(47)45-19-17-43(18-20-45)27-22-49-23-27/h25-35,46H,8-24H2,1-7H3/t26-,28?,29+,30?,31+,32+,33-,34?,35+,39-,40-,41-,42?/m1/s1. The van der Waals surface area contributed by atoms with E-state index in [0.29, 0.717) is 23.8 Å². The van der Waals surface area contributed by atoms with Gasteiger partial charge in [-0.2, -0.15) is 0 Å². The van der Waals surface area contributed by atoms with Gasteiger partial charge < -0.3 is 33.9 Å². The number of hydrogen-bond acceptors (Lipinski definition) is 8. The first-order valence-corrected chi connectivity index (χ1v) is 21.2. The second kappa shape index (κ2) is 12.2. The summed E-state index contributed by atoms with van der Waals surface area (Å²) in [6, 6.07) is 0.512. The third kappa shape index (κ3) is 4.80. The Bertz CT molecular complexity index is 1430. The molecule has 0 aromatic carbocycles. The lowest BCUT2D eigenvalue weighted by molar-refractivity contribution is -0.185. The fourth-order valence-corrected chi connectivity index (χ4v) is 15.0. The lowest BCUT2D eigenvalue weighted by Crippen LogP contribution is -2.60. The summed E-state index contributed by atoms with van der Waals surface area (Å²) in [5.74, 6) is 1.74. The van der Waals surface area contributed by atoms with Gasteiger partial charge in [-0.3, -0.25) is 4.90 Å². The molecule has 0 radical (unpaired) electrons. The second-order valence-corrected chi connectivity index (χ2v) is 20.6. The smallest absolute Gasteiger partial charge is 0.410 e. The van der Waals surface area contributed by atoms with Crippen molar-refractivity contribution in [3.63, 3.8) is 0 Å². The first kappa shape index (κ1) is 36.0. The van der Waals surface area contributed by atoms with Crippen molar-refractivity contribution < 1.29 is 33.6 Å². The van der Waals surface area contributed by atoms with Gasteiger partial charge in [0.15, 0.2) is 0 Å². The molecular formula is C42H67N3O7. The van der Waals surface area contributed by atoms with E-state index < -0.39 is 6.10 Å². The van der Waals surface area contributed by atoms with Crippen LogP contribution in [0.25, 0.3) is 0 Å². The van der Waals surface area contributed by atoms with E-state index in [1.807, 2.05) is 4.90 Å². The van der Waals surface area contributed by atoms with Crippen molar-refractivity contribution in [1.29, 1.82) is 0 Å². The number of fused-ring (bicyclic) bond motifs is 4. The van der Waals surface area contributed by atoms with E-state index in [2.05, 4.69) is 53.4 Å². The maximum absolute atomic E-state index is 13.6.